The first kappa shape index (κ1) is 16.4. The number of nitrogens with one attached hydrogen (secondary N) is 1. The highest BCUT2D eigenvalue weighted by atomic mass is 35.5. The van der Waals surface area contributed by atoms with Crippen LogP contribution in [-0.4, -0.2) is 36.4 Å². The van der Waals surface area contributed by atoms with Gasteiger partial charge in [0.15, 0.2) is 0 Å². The molecule has 0 aliphatic heterocycles. The van der Waals surface area contributed by atoms with Gasteiger partial charge in [0.25, 0.3) is 0 Å². The number of hydrogen-bond donors (Lipinski definition) is 1. The van der Waals surface area contributed by atoms with Crippen LogP contribution >= 0.6 is 23.7 Å². The van der Waals surface area contributed by atoms with Gasteiger partial charge < -0.3 is 10.2 Å². The molecule has 1 N–H and O–H groups in total. The van der Waals surface area contributed by atoms with Gasteiger partial charge in [-0.15, -0.1) is 23.7 Å². The van der Waals surface area contributed by atoms with Gasteiger partial charge in [-0.25, -0.2) is 4.98 Å². The predicted octanol–water partition coefficient (Wildman–Crippen LogP) is 1.87. The van der Waals surface area contributed by atoms with E-state index in [1.54, 1.807) is 30.3 Å². The van der Waals surface area contributed by atoms with Crippen LogP contribution in [0.25, 0.3) is 0 Å². The lowest BCUT2D eigenvalue weighted by Crippen LogP contribution is -2.32. The molecule has 17 heavy (non-hydrogen) atoms. The molecule has 1 heterocycles. The first-order valence-corrected chi connectivity index (χ1v) is 6.24. The first-order chi connectivity index (χ1) is 7.50. The van der Waals surface area contributed by atoms with Crippen molar-refractivity contribution < 1.29 is 4.79 Å². The molecule has 0 spiro atoms. The van der Waals surface area contributed by atoms with Crippen molar-refractivity contribution in [2.45, 2.75) is 26.3 Å². The topological polar surface area (TPSA) is 45.2 Å². The van der Waals surface area contributed by atoms with Crippen molar-refractivity contribution in [3.05, 3.63) is 16.1 Å². The van der Waals surface area contributed by atoms with Gasteiger partial charge in [0.2, 0.25) is 5.91 Å². The third-order valence-electron chi connectivity index (χ3n) is 2.14. The normalized spacial score (nSPS) is 10.2. The molecule has 1 aromatic heterocycles. The van der Waals surface area contributed by atoms with Crippen LogP contribution in [0.4, 0.5) is 0 Å². The average molecular weight is 278 g/mol. The molecule has 1 rings (SSSR count). The van der Waals surface area contributed by atoms with Crippen LogP contribution in [0.1, 0.15) is 30.5 Å². The Morgan fingerprint density at radius 1 is 1.53 bits per heavy atom. The van der Waals surface area contributed by atoms with Gasteiger partial charge in [-0.1, -0.05) is 13.8 Å². The fraction of sp³-hybridized carbons (Fsp3) is 0.636. The van der Waals surface area contributed by atoms with E-state index in [2.05, 4.69) is 24.1 Å². The highest BCUT2D eigenvalue weighted by Crippen LogP contribution is 2.18. The van der Waals surface area contributed by atoms with Crippen LogP contribution in [0.3, 0.4) is 0 Å². The molecular weight excluding hydrogens is 258 g/mol. The Balaban J connectivity index is 0.00000256. The highest BCUT2D eigenvalue weighted by molar-refractivity contribution is 7.09. The monoisotopic (exact) mass is 277 g/mol. The number of amides is 1. The summed E-state index contributed by atoms with van der Waals surface area (Å²) in [5.74, 6) is 0.557. The van der Waals surface area contributed by atoms with Crippen molar-refractivity contribution in [3.8, 4) is 0 Å². The summed E-state index contributed by atoms with van der Waals surface area (Å²) in [4.78, 5) is 17.4. The van der Waals surface area contributed by atoms with E-state index >= 15 is 0 Å². The van der Waals surface area contributed by atoms with E-state index in [1.165, 1.54) is 0 Å². The van der Waals surface area contributed by atoms with Crippen molar-refractivity contribution >= 4 is 29.7 Å². The van der Waals surface area contributed by atoms with E-state index in [0.717, 1.165) is 10.7 Å². The van der Waals surface area contributed by atoms with Crippen molar-refractivity contribution in [2.24, 2.45) is 0 Å². The Morgan fingerprint density at radius 2 is 2.18 bits per heavy atom. The Labute approximate surface area is 113 Å². The number of rotatable bonds is 5. The molecule has 0 fully saturated rings. The van der Waals surface area contributed by atoms with Gasteiger partial charge in [-0.05, 0) is 0 Å². The maximum Gasteiger partial charge on any atom is 0.236 e. The number of thiazole rings is 1. The minimum Gasteiger partial charge on any atom is -0.348 e. The van der Waals surface area contributed by atoms with Crippen molar-refractivity contribution in [2.75, 3.05) is 20.6 Å². The first-order valence-electron chi connectivity index (χ1n) is 5.36. The smallest absolute Gasteiger partial charge is 0.236 e. The summed E-state index contributed by atoms with van der Waals surface area (Å²) in [6.45, 7) is 5.28. The van der Waals surface area contributed by atoms with Crippen LogP contribution in [0.5, 0.6) is 0 Å². The lowest BCUT2D eigenvalue weighted by molar-refractivity contribution is -0.127. The number of carbonyl (C=O) groups excluding carboxylic acids is 1. The van der Waals surface area contributed by atoms with Crippen LogP contribution < -0.4 is 5.32 Å². The van der Waals surface area contributed by atoms with Gasteiger partial charge in [0.1, 0.15) is 0 Å². The Bertz CT molecular complexity index is 352. The molecule has 0 aromatic carbocycles. The van der Waals surface area contributed by atoms with Gasteiger partial charge in [0.05, 0.1) is 17.2 Å². The Hall–Kier alpha value is -0.650. The number of nitrogens with zero attached hydrogens (tertiary/aromatic N) is 2. The molecule has 0 aliphatic carbocycles. The molecule has 1 aromatic rings. The minimum absolute atomic E-state index is 0. The SMILES string of the molecule is CC(C)c1nc(CNCC(=O)N(C)C)cs1.Cl. The summed E-state index contributed by atoms with van der Waals surface area (Å²) >= 11 is 1.68. The lowest BCUT2D eigenvalue weighted by Gasteiger charge is -2.10. The molecule has 4 nitrogen and oxygen atoms in total. The zero-order valence-electron chi connectivity index (χ0n) is 10.7. The second-order valence-corrected chi connectivity index (χ2v) is 5.11. The van der Waals surface area contributed by atoms with E-state index < -0.39 is 0 Å². The molecule has 0 unspecified atom stereocenters. The second kappa shape index (κ2) is 7.63. The summed E-state index contributed by atoms with van der Waals surface area (Å²) in [7, 11) is 3.51. The van der Waals surface area contributed by atoms with Crippen LogP contribution in [0.15, 0.2) is 5.38 Å². The number of aromatic nitrogens is 1. The molecule has 98 valence electrons. The maximum atomic E-state index is 11.3. The fourth-order valence-corrected chi connectivity index (χ4v) is 1.96. The van der Waals surface area contributed by atoms with E-state index in [4.69, 9.17) is 0 Å². The second-order valence-electron chi connectivity index (χ2n) is 4.22. The third-order valence-corrected chi connectivity index (χ3v) is 3.34. The van der Waals surface area contributed by atoms with Gasteiger partial charge >= 0.3 is 0 Å². The van der Waals surface area contributed by atoms with Crippen LogP contribution in [-0.2, 0) is 11.3 Å². The molecular formula is C11H20ClN3OS. The number of likely N-dealkylation sites (N-methyl/N-ethyl adjacent to an activating group) is 1. The largest absolute Gasteiger partial charge is 0.348 e. The molecule has 1 amide bonds. The summed E-state index contributed by atoms with van der Waals surface area (Å²) < 4.78 is 0. The molecule has 6 heteroatoms. The van der Waals surface area contributed by atoms with Crippen molar-refractivity contribution in [1.82, 2.24) is 15.2 Å². The molecule has 0 saturated heterocycles. The van der Waals surface area contributed by atoms with E-state index in [-0.39, 0.29) is 18.3 Å². The highest BCUT2D eigenvalue weighted by Gasteiger charge is 2.06. The summed E-state index contributed by atoms with van der Waals surface area (Å²) in [6, 6.07) is 0. The van der Waals surface area contributed by atoms with E-state index in [1.807, 2.05) is 5.38 Å². The molecule has 0 aliphatic rings. The van der Waals surface area contributed by atoms with Gasteiger partial charge in [-0.3, -0.25) is 4.79 Å². The van der Waals surface area contributed by atoms with Crippen LogP contribution in [0, 0.1) is 0 Å². The Morgan fingerprint density at radius 3 is 2.65 bits per heavy atom. The Kier molecular flexibility index (Phi) is 7.34. The maximum absolute atomic E-state index is 11.3. The van der Waals surface area contributed by atoms with E-state index in [0.29, 0.717) is 19.0 Å². The molecule has 0 saturated carbocycles. The standard InChI is InChI=1S/C11H19N3OS.ClH/c1-8(2)11-13-9(7-16-11)5-12-6-10(15)14(3)4;/h7-8,12H,5-6H2,1-4H3;1H. The zero-order valence-corrected chi connectivity index (χ0v) is 12.3. The lowest BCUT2D eigenvalue weighted by atomic mass is 10.2. The number of hydrogen-bond acceptors (Lipinski definition) is 4. The molecule has 0 bridgehead atoms. The van der Waals surface area contributed by atoms with E-state index in [9.17, 15) is 4.79 Å². The minimum atomic E-state index is 0. The summed E-state index contributed by atoms with van der Waals surface area (Å²) in [5, 5.41) is 6.28. The van der Waals surface area contributed by atoms with Crippen molar-refractivity contribution in [1.29, 1.82) is 0 Å². The molecule has 0 atom stereocenters. The predicted molar refractivity (Wildman–Crippen MR) is 73.9 cm³/mol. The molecule has 0 radical (unpaired) electrons. The third kappa shape index (κ3) is 5.48. The number of halogens is 1. The average Bonchev–Trinajstić information content (AvgIpc) is 2.66. The van der Waals surface area contributed by atoms with Gasteiger partial charge in [-0.2, -0.15) is 0 Å². The van der Waals surface area contributed by atoms with Crippen LogP contribution in [0.2, 0.25) is 0 Å². The number of carbonyl (C=O) groups is 1. The van der Waals surface area contributed by atoms with Gasteiger partial charge in [0, 0.05) is 31.9 Å². The quantitative estimate of drug-likeness (QED) is 0.894. The summed E-state index contributed by atoms with van der Waals surface area (Å²) in [6.07, 6.45) is 0. The summed E-state index contributed by atoms with van der Waals surface area (Å²) in [5.41, 5.74) is 1.01. The zero-order chi connectivity index (χ0) is 12.1. The fourth-order valence-electron chi connectivity index (χ4n) is 1.12. The van der Waals surface area contributed by atoms with Crippen molar-refractivity contribution in [3.63, 3.8) is 0 Å².